The fourth-order valence-corrected chi connectivity index (χ4v) is 2.54. The lowest BCUT2D eigenvalue weighted by molar-refractivity contribution is 0.171. The summed E-state index contributed by atoms with van der Waals surface area (Å²) in [6.45, 7) is 4.61. The van der Waals surface area contributed by atoms with Gasteiger partial charge in [-0.1, -0.05) is 13.0 Å². The lowest BCUT2D eigenvalue weighted by Gasteiger charge is -2.23. The van der Waals surface area contributed by atoms with Gasteiger partial charge < -0.3 is 14.8 Å². The van der Waals surface area contributed by atoms with Gasteiger partial charge in [0, 0.05) is 6.04 Å². The first kappa shape index (κ1) is 11.8. The van der Waals surface area contributed by atoms with Crippen molar-refractivity contribution in [3.8, 4) is 11.5 Å². The zero-order valence-corrected chi connectivity index (χ0v) is 10.9. The van der Waals surface area contributed by atoms with Gasteiger partial charge in [0.2, 0.25) is 0 Å². The van der Waals surface area contributed by atoms with Crippen molar-refractivity contribution in [2.75, 3.05) is 19.8 Å². The van der Waals surface area contributed by atoms with E-state index in [9.17, 15) is 0 Å². The van der Waals surface area contributed by atoms with E-state index in [-0.39, 0.29) is 0 Å². The minimum absolute atomic E-state index is 0.487. The number of hydrogen-bond acceptors (Lipinski definition) is 3. The first-order chi connectivity index (χ1) is 8.88. The van der Waals surface area contributed by atoms with E-state index < -0.39 is 0 Å². The highest BCUT2D eigenvalue weighted by Crippen LogP contribution is 2.43. The summed E-state index contributed by atoms with van der Waals surface area (Å²) in [4.78, 5) is 0. The van der Waals surface area contributed by atoms with Gasteiger partial charge in [-0.15, -0.1) is 0 Å². The highest BCUT2D eigenvalue weighted by Gasteiger charge is 2.32. The summed E-state index contributed by atoms with van der Waals surface area (Å²) < 4.78 is 11.2. The van der Waals surface area contributed by atoms with E-state index in [1.165, 1.54) is 24.8 Å². The molecule has 1 aromatic carbocycles. The largest absolute Gasteiger partial charge is 0.486 e. The van der Waals surface area contributed by atoms with Gasteiger partial charge in [-0.2, -0.15) is 0 Å². The van der Waals surface area contributed by atoms with E-state index in [1.54, 1.807) is 0 Å². The van der Waals surface area contributed by atoms with Crippen LogP contribution in [0.2, 0.25) is 0 Å². The number of nitrogens with one attached hydrogen (secondary N) is 1. The summed E-state index contributed by atoms with van der Waals surface area (Å²) in [7, 11) is 0. The fraction of sp³-hybridized carbons (Fsp3) is 0.600. The normalized spacial score (nSPS) is 19.6. The first-order valence-electron chi connectivity index (χ1n) is 7.01. The monoisotopic (exact) mass is 247 g/mol. The van der Waals surface area contributed by atoms with E-state index >= 15 is 0 Å². The van der Waals surface area contributed by atoms with Crippen molar-refractivity contribution in [1.29, 1.82) is 0 Å². The van der Waals surface area contributed by atoms with Crippen molar-refractivity contribution in [1.82, 2.24) is 5.32 Å². The number of benzene rings is 1. The predicted octanol–water partition coefficient (Wildman–Crippen LogP) is 2.91. The molecule has 3 heteroatoms. The number of hydrogen-bond donors (Lipinski definition) is 1. The van der Waals surface area contributed by atoms with Crippen LogP contribution in [0.3, 0.4) is 0 Å². The third kappa shape index (κ3) is 2.46. The van der Waals surface area contributed by atoms with Crippen molar-refractivity contribution in [2.24, 2.45) is 5.92 Å². The molecule has 1 aliphatic heterocycles. The Kier molecular flexibility index (Phi) is 3.41. The van der Waals surface area contributed by atoms with Gasteiger partial charge in [-0.05, 0) is 49.4 Å². The first-order valence-corrected chi connectivity index (χ1v) is 7.01. The molecule has 98 valence electrons. The fourth-order valence-electron chi connectivity index (χ4n) is 2.54. The van der Waals surface area contributed by atoms with Gasteiger partial charge in [0.15, 0.2) is 11.5 Å². The second-order valence-electron chi connectivity index (χ2n) is 5.17. The SMILES string of the molecule is CCCNC(c1ccc2c(c1)OCCO2)C1CC1. The van der Waals surface area contributed by atoms with Gasteiger partial charge in [-0.3, -0.25) is 0 Å². The van der Waals surface area contributed by atoms with E-state index in [0.717, 1.165) is 24.0 Å². The molecule has 0 bridgehead atoms. The van der Waals surface area contributed by atoms with Crippen LogP contribution in [0.15, 0.2) is 18.2 Å². The molecule has 0 aromatic heterocycles. The Bertz CT molecular complexity index is 415. The van der Waals surface area contributed by atoms with Crippen LogP contribution in [0.25, 0.3) is 0 Å². The van der Waals surface area contributed by atoms with Crippen LogP contribution in [0, 0.1) is 5.92 Å². The number of fused-ring (bicyclic) bond motifs is 1. The summed E-state index contributed by atoms with van der Waals surface area (Å²) in [5, 5.41) is 3.66. The topological polar surface area (TPSA) is 30.5 Å². The van der Waals surface area contributed by atoms with Gasteiger partial charge in [-0.25, -0.2) is 0 Å². The lowest BCUT2D eigenvalue weighted by Crippen LogP contribution is -2.24. The quantitative estimate of drug-likeness (QED) is 0.868. The van der Waals surface area contributed by atoms with E-state index in [4.69, 9.17) is 9.47 Å². The summed E-state index contributed by atoms with van der Waals surface area (Å²) >= 11 is 0. The van der Waals surface area contributed by atoms with Gasteiger partial charge >= 0.3 is 0 Å². The second-order valence-corrected chi connectivity index (χ2v) is 5.17. The molecular formula is C15H21NO2. The van der Waals surface area contributed by atoms with Gasteiger partial charge in [0.25, 0.3) is 0 Å². The zero-order chi connectivity index (χ0) is 12.4. The molecule has 0 spiro atoms. The summed E-state index contributed by atoms with van der Waals surface area (Å²) in [6, 6.07) is 6.87. The Morgan fingerprint density at radius 2 is 2.00 bits per heavy atom. The van der Waals surface area contributed by atoms with E-state index in [2.05, 4.69) is 24.4 Å². The Morgan fingerprint density at radius 1 is 1.22 bits per heavy atom. The highest BCUT2D eigenvalue weighted by molar-refractivity contribution is 5.45. The molecule has 3 nitrogen and oxygen atoms in total. The van der Waals surface area contributed by atoms with Crippen molar-refractivity contribution < 1.29 is 9.47 Å². The maximum absolute atomic E-state index is 5.67. The number of ether oxygens (including phenoxy) is 2. The Labute approximate surface area is 108 Å². The van der Waals surface area contributed by atoms with Crippen molar-refractivity contribution in [3.63, 3.8) is 0 Å². The molecule has 0 amide bonds. The molecule has 18 heavy (non-hydrogen) atoms. The summed E-state index contributed by atoms with van der Waals surface area (Å²) in [5.74, 6) is 2.59. The lowest BCUT2D eigenvalue weighted by atomic mass is 10.0. The predicted molar refractivity (Wildman–Crippen MR) is 71.2 cm³/mol. The van der Waals surface area contributed by atoms with E-state index in [0.29, 0.717) is 19.3 Å². The van der Waals surface area contributed by atoms with Crippen LogP contribution >= 0.6 is 0 Å². The van der Waals surface area contributed by atoms with Crippen LogP contribution in [-0.4, -0.2) is 19.8 Å². The van der Waals surface area contributed by atoms with Crippen molar-refractivity contribution in [3.05, 3.63) is 23.8 Å². The standard InChI is InChI=1S/C15H21NO2/c1-2-7-16-15(11-3-4-11)12-5-6-13-14(10-12)18-9-8-17-13/h5-6,10-11,15-16H,2-4,7-9H2,1H3. The molecule has 1 aliphatic carbocycles. The average Bonchev–Trinajstić information content (AvgIpc) is 3.24. The molecular weight excluding hydrogens is 226 g/mol. The summed E-state index contributed by atoms with van der Waals surface area (Å²) in [5.41, 5.74) is 1.34. The molecule has 3 rings (SSSR count). The van der Waals surface area contributed by atoms with Gasteiger partial charge in [0.05, 0.1) is 0 Å². The molecule has 1 atom stereocenters. The van der Waals surface area contributed by atoms with Crippen LogP contribution in [0.4, 0.5) is 0 Å². The Hall–Kier alpha value is -1.22. The zero-order valence-electron chi connectivity index (χ0n) is 10.9. The minimum atomic E-state index is 0.487. The Morgan fingerprint density at radius 3 is 2.72 bits per heavy atom. The molecule has 1 saturated carbocycles. The van der Waals surface area contributed by atoms with Crippen molar-refractivity contribution >= 4 is 0 Å². The number of rotatable bonds is 5. The molecule has 1 heterocycles. The molecule has 1 aromatic rings. The van der Waals surface area contributed by atoms with Crippen LogP contribution in [0.1, 0.15) is 37.8 Å². The third-order valence-corrected chi connectivity index (χ3v) is 3.63. The molecule has 0 saturated heterocycles. The van der Waals surface area contributed by atoms with E-state index in [1.807, 2.05) is 6.07 Å². The smallest absolute Gasteiger partial charge is 0.161 e. The minimum Gasteiger partial charge on any atom is -0.486 e. The average molecular weight is 247 g/mol. The Balaban J connectivity index is 1.80. The molecule has 1 fully saturated rings. The van der Waals surface area contributed by atoms with Crippen LogP contribution < -0.4 is 14.8 Å². The summed E-state index contributed by atoms with van der Waals surface area (Å²) in [6.07, 6.45) is 3.86. The van der Waals surface area contributed by atoms with Crippen LogP contribution in [-0.2, 0) is 0 Å². The maximum atomic E-state index is 5.67. The molecule has 0 radical (unpaired) electrons. The van der Waals surface area contributed by atoms with Crippen molar-refractivity contribution in [2.45, 2.75) is 32.2 Å². The highest BCUT2D eigenvalue weighted by atomic mass is 16.6. The van der Waals surface area contributed by atoms with Crippen LogP contribution in [0.5, 0.6) is 11.5 Å². The maximum Gasteiger partial charge on any atom is 0.161 e. The molecule has 2 aliphatic rings. The van der Waals surface area contributed by atoms with Gasteiger partial charge in [0.1, 0.15) is 13.2 Å². The molecule has 1 N–H and O–H groups in total. The third-order valence-electron chi connectivity index (χ3n) is 3.63. The molecule has 1 unspecified atom stereocenters. The second kappa shape index (κ2) is 5.19.